The van der Waals surface area contributed by atoms with Crippen molar-refractivity contribution in [2.24, 2.45) is 23.7 Å². The first kappa shape index (κ1) is 11.9. The highest BCUT2D eigenvalue weighted by molar-refractivity contribution is 5.93. The molecule has 2 saturated heterocycles. The van der Waals surface area contributed by atoms with Gasteiger partial charge in [0.15, 0.2) is 11.4 Å². The fourth-order valence-corrected chi connectivity index (χ4v) is 4.96. The van der Waals surface area contributed by atoms with Crippen LogP contribution in [0.3, 0.4) is 0 Å². The Labute approximate surface area is 112 Å². The van der Waals surface area contributed by atoms with Gasteiger partial charge < -0.3 is 9.47 Å². The van der Waals surface area contributed by atoms with E-state index < -0.39 is 11.2 Å². The van der Waals surface area contributed by atoms with E-state index in [0.717, 1.165) is 12.8 Å². The van der Waals surface area contributed by atoms with Crippen LogP contribution in [0.2, 0.25) is 0 Å². The van der Waals surface area contributed by atoms with Crippen molar-refractivity contribution in [3.63, 3.8) is 0 Å². The highest BCUT2D eigenvalue weighted by atomic mass is 16.7. The number of ether oxygens (including phenoxy) is 2. The normalized spacial score (nSPS) is 59.0. The molecule has 0 aromatic carbocycles. The number of hydrogen-bond donors (Lipinski definition) is 0. The van der Waals surface area contributed by atoms with Crippen LogP contribution < -0.4 is 0 Å². The summed E-state index contributed by atoms with van der Waals surface area (Å²) >= 11 is 0. The summed E-state index contributed by atoms with van der Waals surface area (Å²) in [4.78, 5) is 24.3. The lowest BCUT2D eigenvalue weighted by Gasteiger charge is -2.49. The molecule has 4 fully saturated rings. The van der Waals surface area contributed by atoms with Gasteiger partial charge in [0.05, 0.1) is 5.92 Å². The number of epoxide rings is 1. The second-order valence-electron chi connectivity index (χ2n) is 7.06. The fourth-order valence-electron chi connectivity index (χ4n) is 4.96. The van der Waals surface area contributed by atoms with Crippen molar-refractivity contribution >= 4 is 11.8 Å². The summed E-state index contributed by atoms with van der Waals surface area (Å²) in [5.74, 6) is 0.825. The molecule has 4 rings (SSSR count). The standard InChI is InChI=1S/C15H20O4/c1-7-4-5-9-8(2)12(17)18-15(9)10(7)6-11(16)14(3)13(15)19-14/h7-10,13H,4-6H2,1-3H3/t7-,8-,9+,10+,13-,14-,15-/m1/s1. The Hall–Kier alpha value is -0.900. The summed E-state index contributed by atoms with van der Waals surface area (Å²) in [6.07, 6.45) is 2.39. The van der Waals surface area contributed by atoms with Gasteiger partial charge in [-0.3, -0.25) is 9.59 Å². The van der Waals surface area contributed by atoms with Crippen molar-refractivity contribution in [3.05, 3.63) is 0 Å². The van der Waals surface area contributed by atoms with Crippen molar-refractivity contribution in [1.82, 2.24) is 0 Å². The molecule has 0 radical (unpaired) electrons. The van der Waals surface area contributed by atoms with Crippen LogP contribution in [-0.4, -0.2) is 29.1 Å². The van der Waals surface area contributed by atoms with Crippen molar-refractivity contribution in [3.8, 4) is 0 Å². The van der Waals surface area contributed by atoms with E-state index in [0.29, 0.717) is 12.3 Å². The van der Waals surface area contributed by atoms with Crippen molar-refractivity contribution in [2.45, 2.75) is 57.3 Å². The maximum absolute atomic E-state index is 12.2. The second-order valence-corrected chi connectivity index (χ2v) is 7.06. The van der Waals surface area contributed by atoms with Gasteiger partial charge in [-0.2, -0.15) is 0 Å². The lowest BCUT2D eigenvalue weighted by molar-refractivity contribution is -0.170. The molecule has 0 amide bonds. The molecule has 4 nitrogen and oxygen atoms in total. The minimum absolute atomic E-state index is 0.0587. The summed E-state index contributed by atoms with van der Waals surface area (Å²) in [5.41, 5.74) is -1.20. The average Bonchev–Trinajstić information content (AvgIpc) is 3.00. The van der Waals surface area contributed by atoms with Crippen LogP contribution in [0.25, 0.3) is 0 Å². The zero-order valence-electron chi connectivity index (χ0n) is 11.6. The largest absolute Gasteiger partial charge is 0.455 e. The molecular formula is C15H20O4. The minimum Gasteiger partial charge on any atom is -0.455 e. The van der Waals surface area contributed by atoms with Gasteiger partial charge in [0.25, 0.3) is 0 Å². The second kappa shape index (κ2) is 3.22. The van der Waals surface area contributed by atoms with E-state index in [-0.39, 0.29) is 35.6 Å². The number of esters is 1. The first-order valence-corrected chi connectivity index (χ1v) is 7.35. The lowest BCUT2D eigenvalue weighted by Crippen LogP contribution is -2.60. The molecule has 19 heavy (non-hydrogen) atoms. The third kappa shape index (κ3) is 1.16. The number of fused-ring (bicyclic) bond motifs is 1. The Morgan fingerprint density at radius 1 is 1.16 bits per heavy atom. The van der Waals surface area contributed by atoms with Crippen LogP contribution in [0.15, 0.2) is 0 Å². The minimum atomic E-state index is -0.684. The molecule has 0 unspecified atom stereocenters. The number of hydrogen-bond acceptors (Lipinski definition) is 4. The number of ketones is 1. The summed E-state index contributed by atoms with van der Waals surface area (Å²) in [5, 5.41) is 0. The van der Waals surface area contributed by atoms with Crippen LogP contribution in [-0.2, 0) is 19.1 Å². The zero-order valence-corrected chi connectivity index (χ0v) is 11.6. The van der Waals surface area contributed by atoms with Gasteiger partial charge in [0, 0.05) is 18.3 Å². The average molecular weight is 264 g/mol. The Bertz CT molecular complexity index is 487. The molecule has 0 bridgehead atoms. The Kier molecular flexibility index (Phi) is 2.01. The van der Waals surface area contributed by atoms with Crippen LogP contribution in [0.5, 0.6) is 0 Å². The Morgan fingerprint density at radius 3 is 2.63 bits per heavy atom. The van der Waals surface area contributed by atoms with Gasteiger partial charge in [-0.25, -0.2) is 0 Å². The van der Waals surface area contributed by atoms with E-state index in [1.807, 2.05) is 13.8 Å². The Balaban J connectivity index is 1.84. The zero-order chi connectivity index (χ0) is 13.6. The molecule has 2 saturated carbocycles. The van der Waals surface area contributed by atoms with Crippen molar-refractivity contribution < 1.29 is 19.1 Å². The van der Waals surface area contributed by atoms with E-state index in [2.05, 4.69) is 6.92 Å². The van der Waals surface area contributed by atoms with E-state index in [9.17, 15) is 9.59 Å². The molecule has 2 heterocycles. The molecule has 2 aliphatic heterocycles. The van der Waals surface area contributed by atoms with E-state index >= 15 is 0 Å². The Morgan fingerprint density at radius 2 is 1.89 bits per heavy atom. The van der Waals surface area contributed by atoms with Crippen molar-refractivity contribution in [1.29, 1.82) is 0 Å². The molecule has 4 heteroatoms. The van der Waals surface area contributed by atoms with Gasteiger partial charge in [-0.05, 0) is 25.7 Å². The first-order valence-electron chi connectivity index (χ1n) is 7.35. The quantitative estimate of drug-likeness (QED) is 0.493. The lowest BCUT2D eigenvalue weighted by atomic mass is 9.55. The first-order chi connectivity index (χ1) is 8.91. The summed E-state index contributed by atoms with van der Waals surface area (Å²) < 4.78 is 11.7. The van der Waals surface area contributed by atoms with Gasteiger partial charge in [0.1, 0.15) is 11.7 Å². The maximum Gasteiger partial charge on any atom is 0.309 e. The van der Waals surface area contributed by atoms with Gasteiger partial charge in [-0.1, -0.05) is 13.8 Å². The fraction of sp³-hybridized carbons (Fsp3) is 0.867. The molecule has 104 valence electrons. The van der Waals surface area contributed by atoms with Gasteiger partial charge in [0.2, 0.25) is 0 Å². The molecule has 4 aliphatic rings. The summed E-state index contributed by atoms with van der Waals surface area (Å²) in [6, 6.07) is 0. The predicted molar refractivity (Wildman–Crippen MR) is 66.3 cm³/mol. The highest BCUT2D eigenvalue weighted by Gasteiger charge is 2.79. The number of rotatable bonds is 0. The van der Waals surface area contributed by atoms with E-state index in [4.69, 9.17) is 9.47 Å². The molecule has 0 aromatic heterocycles. The predicted octanol–water partition coefficient (Wildman–Crippen LogP) is 1.71. The number of carbonyl (C=O) groups excluding carboxylic acids is 2. The maximum atomic E-state index is 12.2. The highest BCUT2D eigenvalue weighted by Crippen LogP contribution is 2.65. The molecule has 2 aliphatic carbocycles. The topological polar surface area (TPSA) is 55.9 Å². The molecular weight excluding hydrogens is 244 g/mol. The summed E-state index contributed by atoms with van der Waals surface area (Å²) in [6.45, 7) is 6.00. The third-order valence-corrected chi connectivity index (χ3v) is 6.21. The summed E-state index contributed by atoms with van der Waals surface area (Å²) in [7, 11) is 0. The van der Waals surface area contributed by atoms with E-state index in [1.54, 1.807) is 0 Å². The molecule has 7 atom stereocenters. The van der Waals surface area contributed by atoms with E-state index in [1.165, 1.54) is 0 Å². The number of Topliss-reactive ketones (excluding diaryl/α,β-unsaturated/α-hetero) is 1. The van der Waals surface area contributed by atoms with Crippen LogP contribution >= 0.6 is 0 Å². The molecule has 0 N–H and O–H groups in total. The SMILES string of the molecule is C[C@@H]1CC[C@H]2[C@@H](C)C(=O)O[C@@]23[C@H]1CC(=O)[C@@]1(C)O[C@@H]31. The van der Waals surface area contributed by atoms with Crippen LogP contribution in [0.1, 0.15) is 40.0 Å². The van der Waals surface area contributed by atoms with Crippen LogP contribution in [0.4, 0.5) is 0 Å². The van der Waals surface area contributed by atoms with Crippen LogP contribution in [0, 0.1) is 23.7 Å². The smallest absolute Gasteiger partial charge is 0.309 e. The van der Waals surface area contributed by atoms with Gasteiger partial charge in [-0.15, -0.1) is 0 Å². The molecule has 1 spiro atoms. The number of carbonyl (C=O) groups is 2. The molecule has 0 aromatic rings. The van der Waals surface area contributed by atoms with Gasteiger partial charge >= 0.3 is 5.97 Å². The monoisotopic (exact) mass is 264 g/mol. The van der Waals surface area contributed by atoms with Crippen molar-refractivity contribution in [2.75, 3.05) is 0 Å². The third-order valence-electron chi connectivity index (χ3n) is 6.21.